The Kier molecular flexibility index (Phi) is 7.93. The maximum atomic E-state index is 11.5. The van der Waals surface area contributed by atoms with Gasteiger partial charge in [0.15, 0.2) is 5.11 Å². The van der Waals surface area contributed by atoms with E-state index in [4.69, 9.17) is 31.6 Å². The summed E-state index contributed by atoms with van der Waals surface area (Å²) in [6.45, 7) is 5.61. The van der Waals surface area contributed by atoms with E-state index in [1.165, 1.54) is 12.1 Å². The van der Waals surface area contributed by atoms with E-state index < -0.39 is 17.4 Å². The van der Waals surface area contributed by atoms with Gasteiger partial charge in [0.05, 0.1) is 31.3 Å². The Hall–Kier alpha value is -1.69. The first-order chi connectivity index (χ1) is 15.9. The molecular weight excluding hydrogens is 481 g/mol. The van der Waals surface area contributed by atoms with E-state index in [-0.39, 0.29) is 4.90 Å². The lowest BCUT2D eigenvalue weighted by Crippen LogP contribution is -2.46. The lowest BCUT2D eigenvalue weighted by molar-refractivity contribution is 0.0579. The molecule has 0 unspecified atom stereocenters. The minimum absolute atomic E-state index is 0.0451. The fourth-order valence-electron chi connectivity index (χ4n) is 3.99. The summed E-state index contributed by atoms with van der Waals surface area (Å²) in [6.07, 6.45) is 0. The molecule has 0 saturated carbocycles. The molecule has 0 atom stereocenters. The van der Waals surface area contributed by atoms with Gasteiger partial charge in [-0.1, -0.05) is 30.3 Å². The molecule has 2 saturated heterocycles. The highest BCUT2D eigenvalue weighted by Gasteiger charge is 2.38. The molecule has 9 nitrogen and oxygen atoms in total. The van der Waals surface area contributed by atoms with Gasteiger partial charge in [-0.05, 0) is 36.5 Å². The summed E-state index contributed by atoms with van der Waals surface area (Å²) >= 11 is 5.72. The van der Waals surface area contributed by atoms with Crippen LogP contribution in [-0.2, 0) is 19.5 Å². The third-order valence-electron chi connectivity index (χ3n) is 5.53. The summed E-state index contributed by atoms with van der Waals surface area (Å²) < 4.78 is 44.4. The van der Waals surface area contributed by atoms with Crippen molar-refractivity contribution in [3.63, 3.8) is 0 Å². The molecule has 0 aliphatic carbocycles. The van der Waals surface area contributed by atoms with Crippen LogP contribution < -0.4 is 15.8 Å². The third kappa shape index (κ3) is 5.70. The Balaban J connectivity index is 1.74. The topological polar surface area (TPSA) is 109 Å². The molecule has 12 heteroatoms. The number of nitrogens with two attached hydrogens (primary N) is 1. The number of morpholine rings is 2. The van der Waals surface area contributed by atoms with Crippen molar-refractivity contribution >= 4 is 45.7 Å². The van der Waals surface area contributed by atoms with Crippen molar-refractivity contribution in [2.75, 3.05) is 57.9 Å². The van der Waals surface area contributed by atoms with E-state index in [1.54, 1.807) is 12.1 Å². The first kappa shape index (κ1) is 24.4. The van der Waals surface area contributed by atoms with Crippen LogP contribution in [0.25, 0.3) is 0 Å². The van der Waals surface area contributed by atoms with Gasteiger partial charge in [0, 0.05) is 37.2 Å². The van der Waals surface area contributed by atoms with Crippen LogP contribution in [0.4, 0.5) is 5.69 Å². The number of anilines is 1. The van der Waals surface area contributed by atoms with Crippen molar-refractivity contribution in [2.45, 2.75) is 4.90 Å². The highest BCUT2D eigenvalue weighted by atomic mass is 32.2. The van der Waals surface area contributed by atoms with Gasteiger partial charge >= 0.3 is 0 Å². The minimum atomic E-state index is -3.76. The molecule has 0 bridgehead atoms. The predicted octanol–water partition coefficient (Wildman–Crippen LogP) is 2.05. The maximum Gasteiger partial charge on any atom is 0.238 e. The highest BCUT2D eigenvalue weighted by Crippen LogP contribution is 2.56. The molecule has 33 heavy (non-hydrogen) atoms. The van der Waals surface area contributed by atoms with Crippen LogP contribution in [0.2, 0.25) is 0 Å². The number of primary sulfonamides is 1. The van der Waals surface area contributed by atoms with Gasteiger partial charge in [0.2, 0.25) is 10.0 Å². The zero-order chi connectivity index (χ0) is 23.3. The zero-order valence-corrected chi connectivity index (χ0v) is 20.7. The normalized spacial score (nSPS) is 18.6. The standard InChI is InChI=1S/C21H28N5O4PS2/c22-33(27,28)20-8-6-18(7-9-20)23-21(32)24-31(19-4-2-1-3-5-19,25-10-14-29-15-11-25)26-12-16-30-17-13-26/h1-9H,10-17H2,(H,23,32)(H2,22,27,28). The molecule has 2 aliphatic rings. The Labute approximate surface area is 200 Å². The lowest BCUT2D eigenvalue weighted by Gasteiger charge is -2.46. The second kappa shape index (κ2) is 10.7. The fourth-order valence-corrected chi connectivity index (χ4v) is 8.66. The van der Waals surface area contributed by atoms with Crippen LogP contribution in [0, 0.1) is 0 Å². The van der Waals surface area contributed by atoms with E-state index in [2.05, 4.69) is 26.8 Å². The maximum absolute atomic E-state index is 11.5. The van der Waals surface area contributed by atoms with Gasteiger partial charge in [0.25, 0.3) is 0 Å². The molecule has 2 aliphatic heterocycles. The van der Waals surface area contributed by atoms with Crippen molar-refractivity contribution < 1.29 is 17.9 Å². The quantitative estimate of drug-likeness (QED) is 0.466. The summed E-state index contributed by atoms with van der Waals surface area (Å²) in [4.78, 5) is 0.0451. The lowest BCUT2D eigenvalue weighted by atomic mass is 10.3. The van der Waals surface area contributed by atoms with Gasteiger partial charge in [-0.25, -0.2) is 27.6 Å². The largest absolute Gasteiger partial charge is 0.379 e. The predicted molar refractivity (Wildman–Crippen MR) is 134 cm³/mol. The highest BCUT2D eigenvalue weighted by molar-refractivity contribution is 7.89. The van der Waals surface area contributed by atoms with Gasteiger partial charge in [-0.15, -0.1) is 0 Å². The molecule has 4 rings (SSSR count). The average molecular weight is 510 g/mol. The smallest absolute Gasteiger partial charge is 0.238 e. The van der Waals surface area contributed by atoms with Crippen molar-refractivity contribution in [1.82, 2.24) is 9.34 Å². The first-order valence-electron chi connectivity index (χ1n) is 10.7. The summed E-state index contributed by atoms with van der Waals surface area (Å²) in [6, 6.07) is 16.5. The average Bonchev–Trinajstić information content (AvgIpc) is 2.84. The van der Waals surface area contributed by atoms with Crippen LogP contribution >= 0.6 is 19.6 Å². The van der Waals surface area contributed by atoms with Gasteiger partial charge in [-0.2, -0.15) is 0 Å². The SMILES string of the molecule is NS(=O)(=O)c1ccc(NC(=S)N=P(c2ccccc2)(N2CCOCC2)N2CCOCC2)cc1. The molecule has 2 aromatic carbocycles. The number of ether oxygens (including phenoxy) is 2. The van der Waals surface area contributed by atoms with Gasteiger partial charge < -0.3 is 14.8 Å². The molecule has 2 heterocycles. The Bertz CT molecular complexity index is 1100. The molecule has 0 amide bonds. The van der Waals surface area contributed by atoms with Crippen LogP contribution in [0.15, 0.2) is 64.2 Å². The molecule has 2 aromatic rings. The van der Waals surface area contributed by atoms with E-state index in [9.17, 15) is 8.42 Å². The second-order valence-corrected chi connectivity index (χ2v) is 12.6. The second-order valence-electron chi connectivity index (χ2n) is 7.64. The summed E-state index contributed by atoms with van der Waals surface area (Å²) in [5, 5.41) is 9.83. The number of hydrogen-bond donors (Lipinski definition) is 2. The van der Waals surface area contributed by atoms with Crippen molar-refractivity contribution in [3.05, 3.63) is 54.6 Å². The monoisotopic (exact) mass is 509 g/mol. The summed E-state index contributed by atoms with van der Waals surface area (Å²) in [7, 11) is -6.17. The summed E-state index contributed by atoms with van der Waals surface area (Å²) in [5.41, 5.74) is 0.645. The van der Waals surface area contributed by atoms with E-state index in [1.807, 2.05) is 18.2 Å². The first-order valence-corrected chi connectivity index (χ1v) is 14.3. The minimum Gasteiger partial charge on any atom is -0.379 e. The number of rotatable bonds is 5. The zero-order valence-electron chi connectivity index (χ0n) is 18.2. The van der Waals surface area contributed by atoms with E-state index in [0.29, 0.717) is 37.2 Å². The van der Waals surface area contributed by atoms with Crippen molar-refractivity contribution in [2.24, 2.45) is 9.88 Å². The van der Waals surface area contributed by atoms with Crippen molar-refractivity contribution in [1.29, 1.82) is 0 Å². The Morgan fingerprint density at radius 2 is 1.42 bits per heavy atom. The number of sulfonamides is 1. The molecule has 3 N–H and O–H groups in total. The van der Waals surface area contributed by atoms with Gasteiger partial charge in [0.1, 0.15) is 7.36 Å². The Morgan fingerprint density at radius 1 is 0.909 bits per heavy atom. The van der Waals surface area contributed by atoms with E-state index >= 15 is 0 Å². The molecule has 0 spiro atoms. The van der Waals surface area contributed by atoms with Crippen LogP contribution in [0.1, 0.15) is 0 Å². The number of thiocarbonyl (C=S) groups is 1. The fraction of sp³-hybridized carbons (Fsp3) is 0.381. The molecule has 2 fully saturated rings. The summed E-state index contributed by atoms with van der Waals surface area (Å²) in [5.74, 6) is 0. The Morgan fingerprint density at radius 3 is 1.91 bits per heavy atom. The van der Waals surface area contributed by atoms with Crippen LogP contribution in [0.3, 0.4) is 0 Å². The molecule has 0 radical (unpaired) electrons. The third-order valence-corrected chi connectivity index (χ3v) is 10.6. The molecular formula is C21H28N5O4PS2. The van der Waals surface area contributed by atoms with Crippen molar-refractivity contribution in [3.8, 4) is 0 Å². The number of nitrogens with one attached hydrogen (secondary N) is 1. The van der Waals surface area contributed by atoms with Gasteiger partial charge in [-0.3, -0.25) is 0 Å². The number of hydrogen-bond acceptors (Lipinski definition) is 5. The number of nitrogens with zero attached hydrogens (tertiary/aromatic N) is 3. The number of benzene rings is 2. The van der Waals surface area contributed by atoms with E-state index in [0.717, 1.165) is 31.5 Å². The van der Waals surface area contributed by atoms with Crippen LogP contribution in [0.5, 0.6) is 0 Å². The molecule has 0 aromatic heterocycles. The van der Waals surface area contributed by atoms with Crippen LogP contribution in [-0.4, -0.2) is 75.5 Å². The molecule has 178 valence electrons.